The minimum absolute atomic E-state index is 0.0362. The van der Waals surface area contributed by atoms with E-state index in [1.54, 1.807) is 0 Å². The van der Waals surface area contributed by atoms with Crippen molar-refractivity contribution in [1.29, 1.82) is 0 Å². The molecular formula is C26H26F5N5O5. The highest BCUT2D eigenvalue weighted by Crippen LogP contribution is 2.26. The van der Waals surface area contributed by atoms with Crippen LogP contribution in [0.4, 0.5) is 27.6 Å². The summed E-state index contributed by atoms with van der Waals surface area (Å²) in [5.74, 6) is -14.0. The molecule has 1 atom stereocenters. The van der Waals surface area contributed by atoms with Gasteiger partial charge in [-0.25, -0.2) is 18.2 Å². The number of aromatic amines is 1. The number of ketones is 1. The molecule has 3 amide bonds. The first-order valence-corrected chi connectivity index (χ1v) is 12.1. The van der Waals surface area contributed by atoms with Gasteiger partial charge < -0.3 is 25.7 Å². The monoisotopic (exact) mass is 583 g/mol. The third-order valence-corrected chi connectivity index (χ3v) is 4.87. The average molecular weight is 584 g/mol. The van der Waals surface area contributed by atoms with E-state index in [-0.39, 0.29) is 18.2 Å². The number of imidazole rings is 1. The van der Waals surface area contributed by atoms with Crippen LogP contribution < -0.4 is 20.7 Å². The SMILES string of the molecule is CCC.O=C(CNC(=O)C(=O)Nc1ccccc1F)N[C@@H](Cc1cnc[nH]1)C(=O)COc1c(F)c(F)cc(F)c1F. The summed E-state index contributed by atoms with van der Waals surface area (Å²) in [4.78, 5) is 55.3. The number of amides is 3. The summed E-state index contributed by atoms with van der Waals surface area (Å²) in [6, 6.07) is 3.58. The third kappa shape index (κ3) is 9.70. The maximum Gasteiger partial charge on any atom is 0.313 e. The van der Waals surface area contributed by atoms with Crippen LogP contribution >= 0.6 is 0 Å². The number of hydrogen-bond donors (Lipinski definition) is 4. The maximum absolute atomic E-state index is 13.8. The molecule has 3 aromatic rings. The summed E-state index contributed by atoms with van der Waals surface area (Å²) in [6.07, 6.45) is 3.60. The maximum atomic E-state index is 13.8. The van der Waals surface area contributed by atoms with Crippen LogP contribution in [0.1, 0.15) is 26.0 Å². The highest BCUT2D eigenvalue weighted by Gasteiger charge is 2.26. The van der Waals surface area contributed by atoms with Gasteiger partial charge in [0.25, 0.3) is 0 Å². The molecule has 0 aliphatic rings. The second kappa shape index (κ2) is 15.7. The fourth-order valence-electron chi connectivity index (χ4n) is 3.01. The van der Waals surface area contributed by atoms with Crippen LogP contribution in [0, 0.1) is 29.1 Å². The Bertz CT molecular complexity index is 1340. The molecule has 0 fully saturated rings. The van der Waals surface area contributed by atoms with Gasteiger partial charge in [0.15, 0.2) is 23.2 Å². The number of nitrogens with one attached hydrogen (secondary N) is 4. The summed E-state index contributed by atoms with van der Waals surface area (Å²) in [5.41, 5.74) is 0.0690. The minimum atomic E-state index is -1.86. The fraction of sp³-hybridized carbons (Fsp3) is 0.269. The standard InChI is InChI=1S/C23H18F5N5O5.C3H8/c24-12-3-1-2-4-15(12)33-23(37)22(36)30-8-18(35)32-16(5-11-7-29-10-31-11)17(34)9-38-21-19(27)13(25)6-14(26)20(21)28;1-3-2/h1-4,6-7,10,16H,5,8-9H2,(H,29,31)(H,30,36)(H,32,35)(H,33,37);3H2,1-2H3/t16-;/m0./s1. The second-order valence-corrected chi connectivity index (χ2v) is 8.28. The lowest BCUT2D eigenvalue weighted by Gasteiger charge is -2.18. The van der Waals surface area contributed by atoms with Crippen LogP contribution in [0.15, 0.2) is 42.9 Å². The number of halogens is 5. The lowest BCUT2D eigenvalue weighted by molar-refractivity contribution is -0.137. The van der Waals surface area contributed by atoms with Crippen LogP contribution in [0.2, 0.25) is 0 Å². The number of para-hydroxylation sites is 1. The molecule has 0 saturated carbocycles. The van der Waals surface area contributed by atoms with Crippen LogP contribution in [-0.4, -0.2) is 52.7 Å². The molecule has 2 aromatic carbocycles. The van der Waals surface area contributed by atoms with Gasteiger partial charge in [0.1, 0.15) is 12.4 Å². The topological polar surface area (TPSA) is 142 Å². The number of carbonyl (C=O) groups is 4. The van der Waals surface area contributed by atoms with Gasteiger partial charge in [-0.2, -0.15) is 8.78 Å². The summed E-state index contributed by atoms with van der Waals surface area (Å²) in [6.45, 7) is 2.35. The number of aromatic nitrogens is 2. The molecule has 3 rings (SSSR count). The number of benzene rings is 2. The zero-order chi connectivity index (χ0) is 30.5. The van der Waals surface area contributed by atoms with Gasteiger partial charge in [-0.3, -0.25) is 19.2 Å². The Morgan fingerprint density at radius 1 is 0.951 bits per heavy atom. The van der Waals surface area contributed by atoms with E-state index in [0.717, 1.165) is 6.07 Å². The number of ether oxygens (including phenoxy) is 1. The molecule has 10 nitrogen and oxygen atoms in total. The molecule has 0 bridgehead atoms. The van der Waals surface area contributed by atoms with E-state index in [0.29, 0.717) is 5.69 Å². The first-order chi connectivity index (χ1) is 19.5. The molecule has 0 spiro atoms. The van der Waals surface area contributed by atoms with Crippen LogP contribution in [-0.2, 0) is 25.6 Å². The number of hydrogen-bond acceptors (Lipinski definition) is 6. The normalized spacial score (nSPS) is 11.0. The summed E-state index contributed by atoms with van der Waals surface area (Å²) in [7, 11) is 0. The van der Waals surface area contributed by atoms with Crippen molar-refractivity contribution in [2.24, 2.45) is 0 Å². The largest absolute Gasteiger partial charge is 0.479 e. The molecule has 1 aromatic heterocycles. The van der Waals surface area contributed by atoms with E-state index < -0.39 is 77.5 Å². The lowest BCUT2D eigenvalue weighted by Crippen LogP contribution is -2.49. The van der Waals surface area contributed by atoms with Crippen molar-refractivity contribution in [3.05, 3.63) is 77.6 Å². The molecule has 1 heterocycles. The predicted molar refractivity (Wildman–Crippen MR) is 135 cm³/mol. The Morgan fingerprint density at radius 3 is 2.17 bits per heavy atom. The number of nitrogens with zero attached hydrogens (tertiary/aromatic N) is 1. The van der Waals surface area contributed by atoms with E-state index in [1.165, 1.54) is 37.1 Å². The molecule has 15 heteroatoms. The molecule has 0 aliphatic heterocycles. The van der Waals surface area contributed by atoms with Crippen molar-refractivity contribution in [1.82, 2.24) is 20.6 Å². The Hall–Kier alpha value is -4.82. The summed E-state index contributed by atoms with van der Waals surface area (Å²) < 4.78 is 72.7. The Kier molecular flexibility index (Phi) is 12.4. The van der Waals surface area contributed by atoms with E-state index >= 15 is 0 Å². The molecule has 41 heavy (non-hydrogen) atoms. The van der Waals surface area contributed by atoms with E-state index in [4.69, 9.17) is 0 Å². The van der Waals surface area contributed by atoms with E-state index in [2.05, 4.69) is 33.9 Å². The van der Waals surface area contributed by atoms with Gasteiger partial charge in [-0.1, -0.05) is 32.4 Å². The number of H-pyrrole nitrogens is 1. The van der Waals surface area contributed by atoms with E-state index in [1.807, 2.05) is 10.6 Å². The first-order valence-electron chi connectivity index (χ1n) is 12.1. The quantitative estimate of drug-likeness (QED) is 0.164. The first kappa shape index (κ1) is 32.4. The van der Waals surface area contributed by atoms with Gasteiger partial charge >= 0.3 is 11.8 Å². The van der Waals surface area contributed by atoms with Gasteiger partial charge in [0, 0.05) is 24.4 Å². The predicted octanol–water partition coefficient (Wildman–Crippen LogP) is 2.95. The van der Waals surface area contributed by atoms with Crippen molar-refractivity contribution < 1.29 is 45.9 Å². The smallest absolute Gasteiger partial charge is 0.313 e. The second-order valence-electron chi connectivity index (χ2n) is 8.28. The van der Waals surface area contributed by atoms with Gasteiger partial charge in [0.05, 0.1) is 24.6 Å². The number of anilines is 1. The Labute approximate surface area is 230 Å². The Morgan fingerprint density at radius 2 is 1.59 bits per heavy atom. The molecule has 0 aliphatic carbocycles. The average Bonchev–Trinajstić information content (AvgIpc) is 3.45. The molecule has 220 valence electrons. The van der Waals surface area contributed by atoms with Gasteiger partial charge in [0.2, 0.25) is 17.5 Å². The highest BCUT2D eigenvalue weighted by molar-refractivity contribution is 6.39. The van der Waals surface area contributed by atoms with Crippen LogP contribution in [0.3, 0.4) is 0 Å². The number of Topliss-reactive ketones (excluding diaryl/α,β-unsaturated/α-hetero) is 1. The Balaban J connectivity index is 0.00000187. The molecule has 0 radical (unpaired) electrons. The molecule has 4 N–H and O–H groups in total. The fourth-order valence-corrected chi connectivity index (χ4v) is 3.01. The molecule has 0 unspecified atom stereocenters. The number of carbonyl (C=O) groups excluding carboxylic acids is 4. The van der Waals surface area contributed by atoms with Crippen LogP contribution in [0.5, 0.6) is 5.75 Å². The lowest BCUT2D eigenvalue weighted by atomic mass is 10.1. The van der Waals surface area contributed by atoms with Crippen molar-refractivity contribution >= 4 is 29.2 Å². The minimum Gasteiger partial charge on any atom is -0.479 e. The zero-order valence-electron chi connectivity index (χ0n) is 21.8. The zero-order valence-corrected chi connectivity index (χ0v) is 21.8. The molecule has 0 saturated heterocycles. The van der Waals surface area contributed by atoms with E-state index in [9.17, 15) is 41.1 Å². The molecular weight excluding hydrogens is 557 g/mol. The number of rotatable bonds is 10. The summed E-state index contributed by atoms with van der Waals surface area (Å²) >= 11 is 0. The summed E-state index contributed by atoms with van der Waals surface area (Å²) in [5, 5.41) is 6.24. The van der Waals surface area contributed by atoms with Gasteiger partial charge in [-0.15, -0.1) is 0 Å². The highest BCUT2D eigenvalue weighted by atomic mass is 19.2. The third-order valence-electron chi connectivity index (χ3n) is 4.87. The van der Waals surface area contributed by atoms with Crippen molar-refractivity contribution in [2.75, 3.05) is 18.5 Å². The van der Waals surface area contributed by atoms with Crippen LogP contribution in [0.25, 0.3) is 0 Å². The van der Waals surface area contributed by atoms with Gasteiger partial charge in [-0.05, 0) is 12.1 Å². The van der Waals surface area contributed by atoms with Crippen molar-refractivity contribution in [2.45, 2.75) is 32.7 Å². The van der Waals surface area contributed by atoms with Crippen molar-refractivity contribution in [3.63, 3.8) is 0 Å². The van der Waals surface area contributed by atoms with Crippen molar-refractivity contribution in [3.8, 4) is 5.75 Å².